The Morgan fingerprint density at radius 3 is 1.21 bits per heavy atom. The topological polar surface area (TPSA) is 65.1 Å². The zero-order valence-corrected chi connectivity index (χ0v) is 41.0. The van der Waals surface area contributed by atoms with Gasteiger partial charge in [-0.15, -0.1) is 0 Å². The summed E-state index contributed by atoms with van der Waals surface area (Å²) < 4.78 is 16.2. The first-order valence-corrected chi connectivity index (χ1v) is 25.6. The maximum absolute atomic E-state index is 10.3. The van der Waals surface area contributed by atoms with E-state index in [-0.39, 0.29) is 0 Å². The average molecular weight is 826 g/mol. The number of unbranched alkanes of at least 4 members (excludes halogenated alkanes) is 20. The van der Waals surface area contributed by atoms with Crippen LogP contribution in [0.5, 0.6) is 0 Å². The molecule has 6 heteroatoms. The largest absolute Gasteiger partial charge is 0.468 e. The van der Waals surface area contributed by atoms with Gasteiger partial charge >= 0.3 is 0 Å². The molecule has 58 heavy (non-hydrogen) atoms. The Morgan fingerprint density at radius 2 is 0.810 bits per heavy atom. The lowest BCUT2D eigenvalue weighted by Gasteiger charge is -2.19. The van der Waals surface area contributed by atoms with Crippen LogP contribution in [0.4, 0.5) is 0 Å². The molecule has 0 rings (SSSR count). The Kier molecular flexibility index (Phi) is 59.2. The molecule has 0 amide bonds. The second-order valence-corrected chi connectivity index (χ2v) is 17.7. The minimum absolute atomic E-state index is 0.470. The van der Waals surface area contributed by atoms with Gasteiger partial charge in [-0.3, -0.25) is 4.79 Å². The maximum atomic E-state index is 10.3. The van der Waals surface area contributed by atoms with Crippen molar-refractivity contribution in [3.8, 4) is 0 Å². The van der Waals surface area contributed by atoms with E-state index in [0.29, 0.717) is 19.2 Å². The van der Waals surface area contributed by atoms with Crippen LogP contribution in [0.2, 0.25) is 0 Å². The quantitative estimate of drug-likeness (QED) is 0.0450. The van der Waals surface area contributed by atoms with Gasteiger partial charge in [0, 0.05) is 26.7 Å². The summed E-state index contributed by atoms with van der Waals surface area (Å²) in [5.41, 5.74) is 0. The van der Waals surface area contributed by atoms with Crippen molar-refractivity contribution >= 4 is 12.8 Å². The van der Waals surface area contributed by atoms with Crippen LogP contribution in [0.25, 0.3) is 0 Å². The van der Waals surface area contributed by atoms with Crippen molar-refractivity contribution in [1.29, 1.82) is 0 Å². The fourth-order valence-electron chi connectivity index (χ4n) is 7.74. The van der Waals surface area contributed by atoms with Gasteiger partial charge in [0.05, 0.1) is 12.7 Å². The normalized spacial score (nSPS) is 11.7. The predicted octanol–water partition coefficient (Wildman–Crippen LogP) is 15.9. The SMILES string of the molecule is CCCCCC(CCCCC)CCOC.CCCCCC(CCCCC)CCOC=O.CCCCCCCCCC(CCCCCCCCC=O)OCCCN(C)C. The van der Waals surface area contributed by atoms with Crippen LogP contribution < -0.4 is 0 Å². The second-order valence-electron chi connectivity index (χ2n) is 17.7. The molecule has 350 valence electrons. The number of carbonyl (C=O) groups excluding carboxylic acids is 2. The van der Waals surface area contributed by atoms with Crippen molar-refractivity contribution in [2.45, 2.75) is 265 Å². The van der Waals surface area contributed by atoms with E-state index in [4.69, 9.17) is 14.2 Å². The van der Waals surface area contributed by atoms with Crippen LogP contribution in [0.1, 0.15) is 259 Å². The summed E-state index contributed by atoms with van der Waals surface area (Å²) in [7, 11) is 6.07. The van der Waals surface area contributed by atoms with Gasteiger partial charge in [0.1, 0.15) is 6.29 Å². The molecule has 0 radical (unpaired) electrons. The summed E-state index contributed by atoms with van der Waals surface area (Å²) in [5, 5.41) is 0. The monoisotopic (exact) mass is 826 g/mol. The summed E-state index contributed by atoms with van der Waals surface area (Å²) in [6.07, 6.45) is 46.9. The summed E-state index contributed by atoms with van der Waals surface area (Å²) >= 11 is 0. The standard InChI is InChI=1S/C24H49NO2.C14H28O2.C14H30O/c1-4-5-6-7-9-12-15-19-24(27-23-18-21-25(2)3)20-16-13-10-8-11-14-17-22-26;1-3-5-7-9-14(10-8-6-4-2)11-12-16-13-15;1-4-6-8-10-14(12-13-15-3)11-9-7-5-2/h22,24H,4-21,23H2,1-3H3;13-14H,3-12H2,1-2H3;14H,4-13H2,1-3H3. The van der Waals surface area contributed by atoms with Gasteiger partial charge in [-0.05, 0) is 71.0 Å². The first-order chi connectivity index (χ1) is 28.4. The number of carbonyl (C=O) groups is 2. The third-order valence-electron chi connectivity index (χ3n) is 11.6. The van der Waals surface area contributed by atoms with Gasteiger partial charge < -0.3 is 23.9 Å². The third-order valence-corrected chi connectivity index (χ3v) is 11.6. The molecule has 0 aliphatic carbocycles. The van der Waals surface area contributed by atoms with Crippen molar-refractivity contribution in [3.05, 3.63) is 0 Å². The zero-order valence-electron chi connectivity index (χ0n) is 41.0. The molecule has 1 atom stereocenters. The van der Waals surface area contributed by atoms with E-state index in [1.165, 1.54) is 199 Å². The van der Waals surface area contributed by atoms with E-state index >= 15 is 0 Å². The lowest BCUT2D eigenvalue weighted by Crippen LogP contribution is -2.18. The highest BCUT2D eigenvalue weighted by atomic mass is 16.5. The van der Waals surface area contributed by atoms with E-state index in [1.54, 1.807) is 0 Å². The third kappa shape index (κ3) is 55.0. The molecular weight excluding hydrogens is 719 g/mol. The highest BCUT2D eigenvalue weighted by molar-refractivity contribution is 5.48. The number of nitrogens with zero attached hydrogens (tertiary/aromatic N) is 1. The number of hydrogen-bond acceptors (Lipinski definition) is 6. The van der Waals surface area contributed by atoms with E-state index in [2.05, 4.69) is 53.6 Å². The van der Waals surface area contributed by atoms with Gasteiger partial charge in [-0.1, -0.05) is 214 Å². The van der Waals surface area contributed by atoms with Gasteiger partial charge in [-0.25, -0.2) is 0 Å². The second kappa shape index (κ2) is 56.0. The predicted molar refractivity (Wildman–Crippen MR) is 255 cm³/mol. The number of methoxy groups -OCH3 is 1. The van der Waals surface area contributed by atoms with Crippen LogP contribution >= 0.6 is 0 Å². The molecular formula is C52H107NO5. The van der Waals surface area contributed by atoms with Crippen molar-refractivity contribution in [2.75, 3.05) is 47.6 Å². The molecule has 0 aliphatic rings. The van der Waals surface area contributed by atoms with Crippen molar-refractivity contribution in [3.63, 3.8) is 0 Å². The van der Waals surface area contributed by atoms with E-state index in [1.807, 2.05) is 7.11 Å². The lowest BCUT2D eigenvalue weighted by molar-refractivity contribution is -0.129. The fraction of sp³-hybridized carbons (Fsp3) is 0.962. The fourth-order valence-corrected chi connectivity index (χ4v) is 7.74. The number of ether oxygens (including phenoxy) is 3. The van der Waals surface area contributed by atoms with Crippen LogP contribution in [-0.4, -0.2) is 71.3 Å². The first kappa shape index (κ1) is 61.3. The molecule has 6 nitrogen and oxygen atoms in total. The molecule has 0 bridgehead atoms. The van der Waals surface area contributed by atoms with Gasteiger partial charge in [0.2, 0.25) is 0 Å². The maximum Gasteiger partial charge on any atom is 0.293 e. The summed E-state index contributed by atoms with van der Waals surface area (Å²) in [4.78, 5) is 22.6. The minimum Gasteiger partial charge on any atom is -0.468 e. The van der Waals surface area contributed by atoms with Crippen molar-refractivity contribution < 1.29 is 23.8 Å². The van der Waals surface area contributed by atoms with Gasteiger partial charge in [0.25, 0.3) is 6.47 Å². The van der Waals surface area contributed by atoms with Crippen LogP contribution in [0, 0.1) is 11.8 Å². The number of hydrogen-bond donors (Lipinski definition) is 0. The van der Waals surface area contributed by atoms with Crippen LogP contribution in [-0.2, 0) is 23.8 Å². The molecule has 0 aromatic rings. The van der Waals surface area contributed by atoms with Gasteiger partial charge in [0.15, 0.2) is 0 Å². The van der Waals surface area contributed by atoms with Crippen molar-refractivity contribution in [1.82, 2.24) is 4.90 Å². The van der Waals surface area contributed by atoms with E-state index in [0.717, 1.165) is 63.6 Å². The lowest BCUT2D eigenvalue weighted by atomic mass is 9.92. The Bertz CT molecular complexity index is 715. The molecule has 1 unspecified atom stereocenters. The number of rotatable bonds is 45. The summed E-state index contributed by atoms with van der Waals surface area (Å²) in [5.74, 6) is 1.68. The highest BCUT2D eigenvalue weighted by Crippen LogP contribution is 2.22. The molecule has 0 aromatic carbocycles. The molecule has 0 heterocycles. The first-order valence-electron chi connectivity index (χ1n) is 25.6. The Balaban J connectivity index is -0.000000837. The van der Waals surface area contributed by atoms with Gasteiger partial charge in [-0.2, -0.15) is 0 Å². The molecule has 0 saturated carbocycles. The highest BCUT2D eigenvalue weighted by Gasteiger charge is 2.11. The molecule has 0 saturated heterocycles. The van der Waals surface area contributed by atoms with Crippen LogP contribution in [0.15, 0.2) is 0 Å². The van der Waals surface area contributed by atoms with Crippen molar-refractivity contribution in [2.24, 2.45) is 11.8 Å². The van der Waals surface area contributed by atoms with E-state index in [9.17, 15) is 9.59 Å². The molecule has 0 aromatic heterocycles. The summed E-state index contributed by atoms with van der Waals surface area (Å²) in [6, 6.07) is 0. The van der Waals surface area contributed by atoms with Crippen LogP contribution in [0.3, 0.4) is 0 Å². The average Bonchev–Trinajstić information content (AvgIpc) is 3.22. The minimum atomic E-state index is 0.470. The summed E-state index contributed by atoms with van der Waals surface area (Å²) in [6.45, 7) is 15.5. The number of aldehydes is 1. The smallest absolute Gasteiger partial charge is 0.293 e. The molecule has 0 N–H and O–H groups in total. The molecule has 0 aliphatic heterocycles. The van der Waals surface area contributed by atoms with E-state index < -0.39 is 0 Å². The Morgan fingerprint density at radius 1 is 0.431 bits per heavy atom. The Labute approximate surface area is 365 Å². The Hall–Kier alpha value is -0.980. The molecule has 0 spiro atoms. The molecule has 0 fully saturated rings. The zero-order chi connectivity index (χ0) is 43.4.